The van der Waals surface area contributed by atoms with Crippen LogP contribution in [0.1, 0.15) is 22.3 Å². The lowest BCUT2D eigenvalue weighted by Gasteiger charge is -2.33. The molecule has 0 N–H and O–H groups in total. The first-order valence-electron chi connectivity index (χ1n) is 23.9. The van der Waals surface area contributed by atoms with Crippen LogP contribution in [0.25, 0.3) is 132 Å². The Hall–Kier alpha value is -8.98. The molecule has 14 aromatic rings. The molecule has 2 aliphatic rings. The molecule has 69 heavy (non-hydrogen) atoms. The molecule has 2 heterocycles. The van der Waals surface area contributed by atoms with Gasteiger partial charge in [0.1, 0.15) is 22.3 Å². The Morgan fingerprint density at radius 1 is 0.246 bits per heavy atom. The van der Waals surface area contributed by atoms with E-state index in [-0.39, 0.29) is 0 Å². The van der Waals surface area contributed by atoms with Gasteiger partial charge in [-0.3, -0.25) is 0 Å². The molecule has 0 atom stereocenters. The van der Waals surface area contributed by atoms with Crippen molar-refractivity contribution in [3.63, 3.8) is 0 Å². The zero-order valence-corrected chi connectivity index (χ0v) is 37.3. The molecular formula is C67H38O2. The van der Waals surface area contributed by atoms with Crippen LogP contribution in [-0.4, -0.2) is 0 Å². The zero-order valence-electron chi connectivity index (χ0n) is 37.3. The number of fused-ring (bicyclic) bond motifs is 20. The zero-order chi connectivity index (χ0) is 45.0. The van der Waals surface area contributed by atoms with Crippen molar-refractivity contribution in [3.8, 4) is 55.6 Å². The van der Waals surface area contributed by atoms with E-state index in [0.717, 1.165) is 66.1 Å². The third kappa shape index (κ3) is 4.84. The fraction of sp³-hybridized carbons (Fsp3) is 0.0149. The molecule has 12 aromatic carbocycles. The van der Waals surface area contributed by atoms with Gasteiger partial charge in [0.05, 0.1) is 5.41 Å². The molecule has 0 unspecified atom stereocenters. The summed E-state index contributed by atoms with van der Waals surface area (Å²) < 4.78 is 13.1. The Balaban J connectivity index is 1.05. The summed E-state index contributed by atoms with van der Waals surface area (Å²) in [7, 11) is 0. The van der Waals surface area contributed by atoms with Crippen molar-refractivity contribution in [1.29, 1.82) is 0 Å². The first-order valence-corrected chi connectivity index (χ1v) is 23.9. The van der Waals surface area contributed by atoms with Gasteiger partial charge >= 0.3 is 0 Å². The summed E-state index contributed by atoms with van der Waals surface area (Å²) >= 11 is 0. The molecule has 0 saturated heterocycles. The van der Waals surface area contributed by atoms with E-state index in [9.17, 15) is 0 Å². The third-order valence-corrected chi connectivity index (χ3v) is 15.7. The highest BCUT2D eigenvalue weighted by Crippen LogP contribution is 2.66. The Kier molecular flexibility index (Phi) is 7.30. The standard InChI is InChI=1S/C67H38O2/c1-2-15-44-39(14-1)32-35-59-65(44)54-25-13-24-53(66(54)67(59)57-26-7-3-16-45(57)46-17-4-8-27-58(46)67)64-51-22-11-20-42(40-30-33-49-47-18-5-9-28-60(47)68-62(49)36-40)55(51)38-56-43(21-12-23-52(56)64)41-31-34-50-48-19-6-10-29-61(48)69-63(50)37-41/h1-38H. The van der Waals surface area contributed by atoms with E-state index in [1.165, 1.54) is 88.0 Å². The molecular weight excluding hydrogens is 837 g/mol. The molecule has 2 aliphatic carbocycles. The summed E-state index contributed by atoms with van der Waals surface area (Å²) in [5.74, 6) is 0. The van der Waals surface area contributed by atoms with Crippen LogP contribution in [0.3, 0.4) is 0 Å². The number of benzene rings is 12. The Morgan fingerprint density at radius 2 is 0.696 bits per heavy atom. The van der Waals surface area contributed by atoms with Crippen molar-refractivity contribution in [2.45, 2.75) is 5.41 Å². The molecule has 2 nitrogen and oxygen atoms in total. The minimum atomic E-state index is -0.569. The van der Waals surface area contributed by atoms with Gasteiger partial charge in [0.15, 0.2) is 0 Å². The smallest absolute Gasteiger partial charge is 0.136 e. The van der Waals surface area contributed by atoms with Gasteiger partial charge in [0.25, 0.3) is 0 Å². The molecule has 2 heteroatoms. The second kappa shape index (κ2) is 13.6. The topological polar surface area (TPSA) is 26.3 Å². The molecule has 0 saturated carbocycles. The van der Waals surface area contributed by atoms with Crippen LogP contribution in [0.15, 0.2) is 239 Å². The number of hydrogen-bond acceptors (Lipinski definition) is 2. The van der Waals surface area contributed by atoms with Crippen molar-refractivity contribution in [1.82, 2.24) is 0 Å². The number of furan rings is 2. The van der Waals surface area contributed by atoms with Gasteiger partial charge in [-0.2, -0.15) is 0 Å². The normalized spacial score (nSPS) is 13.3. The Morgan fingerprint density at radius 3 is 1.30 bits per heavy atom. The van der Waals surface area contributed by atoms with E-state index in [2.05, 4.69) is 218 Å². The maximum atomic E-state index is 6.54. The van der Waals surface area contributed by atoms with Gasteiger partial charge in [-0.25, -0.2) is 0 Å². The fourth-order valence-corrected chi connectivity index (χ4v) is 12.9. The highest BCUT2D eigenvalue weighted by molar-refractivity contribution is 6.21. The van der Waals surface area contributed by atoms with Crippen LogP contribution >= 0.6 is 0 Å². The van der Waals surface area contributed by atoms with Gasteiger partial charge in [-0.15, -0.1) is 0 Å². The lowest BCUT2D eigenvalue weighted by Crippen LogP contribution is -2.26. The van der Waals surface area contributed by atoms with Crippen molar-refractivity contribution >= 4 is 76.2 Å². The number of hydrogen-bond donors (Lipinski definition) is 0. The molecule has 0 amide bonds. The Labute approximate surface area is 396 Å². The first kappa shape index (κ1) is 37.1. The van der Waals surface area contributed by atoms with Crippen molar-refractivity contribution < 1.29 is 8.83 Å². The van der Waals surface area contributed by atoms with Gasteiger partial charge in [0, 0.05) is 21.5 Å². The monoisotopic (exact) mass is 874 g/mol. The predicted octanol–water partition coefficient (Wildman–Crippen LogP) is 18.3. The van der Waals surface area contributed by atoms with Crippen LogP contribution in [0.2, 0.25) is 0 Å². The van der Waals surface area contributed by atoms with E-state index in [0.29, 0.717) is 0 Å². The third-order valence-electron chi connectivity index (χ3n) is 15.7. The van der Waals surface area contributed by atoms with Crippen LogP contribution in [0, 0.1) is 0 Å². The van der Waals surface area contributed by atoms with E-state index in [1.54, 1.807) is 0 Å². The maximum absolute atomic E-state index is 6.54. The van der Waals surface area contributed by atoms with E-state index < -0.39 is 5.41 Å². The van der Waals surface area contributed by atoms with Gasteiger partial charge < -0.3 is 8.83 Å². The second-order valence-electron chi connectivity index (χ2n) is 18.9. The summed E-state index contributed by atoms with van der Waals surface area (Å²) in [6, 6.07) is 85.4. The van der Waals surface area contributed by atoms with E-state index in [4.69, 9.17) is 8.83 Å². The average molecular weight is 875 g/mol. The molecule has 318 valence electrons. The summed E-state index contributed by atoms with van der Waals surface area (Å²) in [4.78, 5) is 0. The van der Waals surface area contributed by atoms with Gasteiger partial charge in [0.2, 0.25) is 0 Å². The van der Waals surface area contributed by atoms with Crippen LogP contribution in [0.4, 0.5) is 0 Å². The molecule has 0 radical (unpaired) electrons. The summed E-state index contributed by atoms with van der Waals surface area (Å²) in [6.07, 6.45) is 0. The summed E-state index contributed by atoms with van der Waals surface area (Å²) in [6.45, 7) is 0. The average Bonchev–Trinajstić information content (AvgIpc) is 4.15. The highest BCUT2D eigenvalue weighted by atomic mass is 16.3. The second-order valence-corrected chi connectivity index (χ2v) is 18.9. The summed E-state index contributed by atoms with van der Waals surface area (Å²) in [5, 5.41) is 11.8. The maximum Gasteiger partial charge on any atom is 0.136 e. The number of rotatable bonds is 3. The molecule has 0 fully saturated rings. The molecule has 16 rings (SSSR count). The van der Waals surface area contributed by atoms with E-state index >= 15 is 0 Å². The fourth-order valence-electron chi connectivity index (χ4n) is 12.9. The first-order chi connectivity index (χ1) is 34.2. The lowest BCUT2D eigenvalue weighted by molar-refractivity contribution is 0.668. The molecule has 2 aromatic heterocycles. The van der Waals surface area contributed by atoms with Gasteiger partial charge in [-0.1, -0.05) is 188 Å². The lowest BCUT2D eigenvalue weighted by atomic mass is 9.68. The minimum Gasteiger partial charge on any atom is -0.456 e. The van der Waals surface area contributed by atoms with Crippen LogP contribution in [0.5, 0.6) is 0 Å². The van der Waals surface area contributed by atoms with Crippen molar-refractivity contribution in [3.05, 3.63) is 253 Å². The van der Waals surface area contributed by atoms with Crippen LogP contribution in [-0.2, 0) is 5.41 Å². The minimum absolute atomic E-state index is 0.569. The Bertz CT molecular complexity index is 4340. The predicted molar refractivity (Wildman–Crippen MR) is 286 cm³/mol. The van der Waals surface area contributed by atoms with Crippen molar-refractivity contribution in [2.24, 2.45) is 0 Å². The molecule has 1 spiro atoms. The quantitative estimate of drug-likeness (QED) is 0.165. The number of para-hydroxylation sites is 2. The molecule has 0 aliphatic heterocycles. The molecule has 0 bridgehead atoms. The largest absolute Gasteiger partial charge is 0.456 e. The highest BCUT2D eigenvalue weighted by Gasteiger charge is 2.53. The SMILES string of the molecule is c1ccc2c(c1)-c1ccccc1C21c2ccc3ccccc3c2-c2cccc(-c3c4cccc(-c5ccc6c(c5)oc5ccccc56)c4cc4c(-c5ccc6c(c5)oc5ccccc56)cccc34)c21. The van der Waals surface area contributed by atoms with Crippen LogP contribution < -0.4 is 0 Å². The van der Waals surface area contributed by atoms with Crippen molar-refractivity contribution in [2.75, 3.05) is 0 Å². The van der Waals surface area contributed by atoms with Gasteiger partial charge in [-0.05, 0) is 153 Å². The summed E-state index contributed by atoms with van der Waals surface area (Å²) in [5.41, 5.74) is 20.6. The van der Waals surface area contributed by atoms with E-state index in [1.807, 2.05) is 12.1 Å².